The zero-order valence-electron chi connectivity index (χ0n) is 10.9. The monoisotopic (exact) mass is 308 g/mol. The van der Waals surface area contributed by atoms with Crippen molar-refractivity contribution in [1.82, 2.24) is 4.90 Å². The van der Waals surface area contributed by atoms with E-state index in [9.17, 15) is 4.79 Å². The molecule has 0 spiro atoms. The van der Waals surface area contributed by atoms with Crippen molar-refractivity contribution in [1.29, 1.82) is 5.26 Å². The van der Waals surface area contributed by atoms with Gasteiger partial charge in [0.1, 0.15) is 0 Å². The van der Waals surface area contributed by atoms with Crippen molar-refractivity contribution in [2.75, 3.05) is 6.54 Å². The summed E-state index contributed by atoms with van der Waals surface area (Å²) in [7, 11) is 0. The summed E-state index contributed by atoms with van der Waals surface area (Å²) in [5, 5.41) is 8.65. The summed E-state index contributed by atoms with van der Waals surface area (Å²) >= 11 is 3.43. The normalized spacial score (nSPS) is 10.2. The van der Waals surface area contributed by atoms with Crippen LogP contribution < -0.4 is 0 Å². The molecule has 0 heterocycles. The lowest BCUT2D eigenvalue weighted by Crippen LogP contribution is -2.38. The molecule has 1 rings (SSSR count). The van der Waals surface area contributed by atoms with Gasteiger partial charge in [-0.2, -0.15) is 5.26 Å². The van der Waals surface area contributed by atoms with Crippen LogP contribution in [0.3, 0.4) is 0 Å². The molecule has 0 aliphatic heterocycles. The van der Waals surface area contributed by atoms with Gasteiger partial charge in [0.05, 0.1) is 12.5 Å². The standard InChI is InChI=1S/C14H17BrN2O/c1-10(2)17(9-5-8-16)14(18)12-6-4-7-13(15)11(12)3/h4,6-7,10H,5,9H2,1-3H3. The topological polar surface area (TPSA) is 44.1 Å². The molecule has 0 bridgehead atoms. The van der Waals surface area contributed by atoms with Crippen LogP contribution in [0, 0.1) is 18.3 Å². The first-order valence-corrected chi connectivity index (χ1v) is 6.71. The maximum atomic E-state index is 12.5. The highest BCUT2D eigenvalue weighted by molar-refractivity contribution is 9.10. The van der Waals surface area contributed by atoms with Crippen molar-refractivity contribution in [2.45, 2.75) is 33.2 Å². The third kappa shape index (κ3) is 3.33. The molecule has 96 valence electrons. The molecule has 0 saturated carbocycles. The van der Waals surface area contributed by atoms with Crippen LogP contribution in [0.25, 0.3) is 0 Å². The zero-order valence-corrected chi connectivity index (χ0v) is 12.5. The Balaban J connectivity index is 3.03. The molecule has 0 atom stereocenters. The van der Waals surface area contributed by atoms with Crippen LogP contribution in [0.5, 0.6) is 0 Å². The van der Waals surface area contributed by atoms with E-state index >= 15 is 0 Å². The Labute approximate surface area is 117 Å². The second-order valence-corrected chi connectivity index (χ2v) is 5.27. The molecule has 0 unspecified atom stereocenters. The van der Waals surface area contributed by atoms with E-state index in [1.54, 1.807) is 4.90 Å². The Morgan fingerprint density at radius 2 is 2.17 bits per heavy atom. The molecule has 0 radical (unpaired) electrons. The first-order valence-electron chi connectivity index (χ1n) is 5.92. The molecule has 0 aliphatic rings. The Bertz CT molecular complexity index is 477. The van der Waals surface area contributed by atoms with Gasteiger partial charge in [0, 0.05) is 22.6 Å². The molecule has 4 heteroatoms. The third-order valence-electron chi connectivity index (χ3n) is 2.85. The van der Waals surface area contributed by atoms with Crippen molar-refractivity contribution >= 4 is 21.8 Å². The maximum Gasteiger partial charge on any atom is 0.254 e. The summed E-state index contributed by atoms with van der Waals surface area (Å²) in [4.78, 5) is 14.2. The number of rotatable bonds is 4. The van der Waals surface area contributed by atoms with E-state index in [1.807, 2.05) is 39.0 Å². The minimum atomic E-state index is -0.0148. The van der Waals surface area contributed by atoms with Gasteiger partial charge in [0.25, 0.3) is 5.91 Å². The number of amides is 1. The minimum Gasteiger partial charge on any atom is -0.335 e. The van der Waals surface area contributed by atoms with E-state index in [2.05, 4.69) is 22.0 Å². The van der Waals surface area contributed by atoms with Crippen molar-refractivity contribution in [2.24, 2.45) is 0 Å². The van der Waals surface area contributed by atoms with Crippen LogP contribution in [-0.2, 0) is 0 Å². The number of nitrogens with zero attached hydrogens (tertiary/aromatic N) is 2. The number of benzene rings is 1. The molecule has 3 nitrogen and oxygen atoms in total. The lowest BCUT2D eigenvalue weighted by molar-refractivity contribution is 0.0709. The molecule has 0 N–H and O–H groups in total. The molecule has 1 aromatic rings. The van der Waals surface area contributed by atoms with Gasteiger partial charge in [-0.1, -0.05) is 22.0 Å². The smallest absolute Gasteiger partial charge is 0.254 e. The number of halogens is 1. The number of carbonyl (C=O) groups is 1. The molecule has 0 saturated heterocycles. The molecule has 0 aromatic heterocycles. The van der Waals surface area contributed by atoms with Gasteiger partial charge in [-0.25, -0.2) is 0 Å². The van der Waals surface area contributed by atoms with Crippen LogP contribution in [0.1, 0.15) is 36.2 Å². The fourth-order valence-corrected chi connectivity index (χ4v) is 2.12. The number of nitriles is 1. The second kappa shape index (κ2) is 6.55. The van der Waals surface area contributed by atoms with Gasteiger partial charge < -0.3 is 4.90 Å². The first-order chi connectivity index (χ1) is 8.49. The summed E-state index contributed by atoms with van der Waals surface area (Å²) in [6.07, 6.45) is 0.358. The largest absolute Gasteiger partial charge is 0.335 e. The highest BCUT2D eigenvalue weighted by Crippen LogP contribution is 2.21. The fraction of sp³-hybridized carbons (Fsp3) is 0.429. The number of carbonyl (C=O) groups excluding carboxylic acids is 1. The van der Waals surface area contributed by atoms with Gasteiger partial charge in [-0.15, -0.1) is 0 Å². The van der Waals surface area contributed by atoms with Crippen molar-refractivity contribution in [3.63, 3.8) is 0 Å². The molecular weight excluding hydrogens is 292 g/mol. The van der Waals surface area contributed by atoms with Crippen LogP contribution in [0.2, 0.25) is 0 Å². The molecule has 0 aliphatic carbocycles. The SMILES string of the molecule is Cc1c(Br)cccc1C(=O)N(CCC#N)C(C)C. The second-order valence-electron chi connectivity index (χ2n) is 4.41. The average Bonchev–Trinajstić information content (AvgIpc) is 2.32. The van der Waals surface area contributed by atoms with Crippen LogP contribution in [-0.4, -0.2) is 23.4 Å². The Hall–Kier alpha value is -1.34. The maximum absolute atomic E-state index is 12.5. The first kappa shape index (κ1) is 14.7. The summed E-state index contributed by atoms with van der Waals surface area (Å²) in [6, 6.07) is 7.77. The Morgan fingerprint density at radius 3 is 2.72 bits per heavy atom. The zero-order chi connectivity index (χ0) is 13.7. The van der Waals surface area contributed by atoms with E-state index in [1.165, 1.54) is 0 Å². The quantitative estimate of drug-likeness (QED) is 0.854. The van der Waals surface area contributed by atoms with E-state index in [-0.39, 0.29) is 11.9 Å². The predicted molar refractivity (Wildman–Crippen MR) is 75.3 cm³/mol. The van der Waals surface area contributed by atoms with Crippen molar-refractivity contribution in [3.05, 3.63) is 33.8 Å². The Morgan fingerprint density at radius 1 is 1.50 bits per heavy atom. The highest BCUT2D eigenvalue weighted by atomic mass is 79.9. The molecular formula is C14H17BrN2O. The number of hydrogen-bond acceptors (Lipinski definition) is 2. The summed E-state index contributed by atoms with van der Waals surface area (Å²) in [6.45, 7) is 6.31. The fourth-order valence-electron chi connectivity index (χ4n) is 1.76. The van der Waals surface area contributed by atoms with E-state index in [0.29, 0.717) is 18.5 Å². The van der Waals surface area contributed by atoms with E-state index < -0.39 is 0 Å². The van der Waals surface area contributed by atoms with Crippen LogP contribution in [0.4, 0.5) is 0 Å². The van der Waals surface area contributed by atoms with Gasteiger partial charge in [0.15, 0.2) is 0 Å². The highest BCUT2D eigenvalue weighted by Gasteiger charge is 2.20. The van der Waals surface area contributed by atoms with Crippen LogP contribution in [0.15, 0.2) is 22.7 Å². The van der Waals surface area contributed by atoms with Crippen LogP contribution >= 0.6 is 15.9 Å². The third-order valence-corrected chi connectivity index (χ3v) is 3.71. The summed E-state index contributed by atoms with van der Waals surface area (Å²) in [5.41, 5.74) is 1.63. The predicted octanol–water partition coefficient (Wildman–Crippen LogP) is 3.52. The summed E-state index contributed by atoms with van der Waals surface area (Å²) < 4.78 is 0.928. The lowest BCUT2D eigenvalue weighted by atomic mass is 10.1. The average molecular weight is 309 g/mol. The number of hydrogen-bond donors (Lipinski definition) is 0. The van der Waals surface area contributed by atoms with Crippen molar-refractivity contribution < 1.29 is 4.79 Å². The van der Waals surface area contributed by atoms with Gasteiger partial charge in [-0.3, -0.25) is 4.79 Å². The lowest BCUT2D eigenvalue weighted by Gasteiger charge is -2.26. The van der Waals surface area contributed by atoms with E-state index in [0.717, 1.165) is 10.0 Å². The van der Waals surface area contributed by atoms with Gasteiger partial charge in [-0.05, 0) is 38.5 Å². The van der Waals surface area contributed by atoms with Crippen molar-refractivity contribution in [3.8, 4) is 6.07 Å². The molecule has 1 amide bonds. The van der Waals surface area contributed by atoms with E-state index in [4.69, 9.17) is 5.26 Å². The molecule has 1 aromatic carbocycles. The summed E-state index contributed by atoms with van der Waals surface area (Å²) in [5.74, 6) is -0.0148. The molecule has 18 heavy (non-hydrogen) atoms. The Kier molecular flexibility index (Phi) is 5.36. The minimum absolute atomic E-state index is 0.0148. The molecule has 0 fully saturated rings. The van der Waals surface area contributed by atoms with Gasteiger partial charge in [0.2, 0.25) is 0 Å². The van der Waals surface area contributed by atoms with Gasteiger partial charge >= 0.3 is 0 Å².